The second-order valence-electron chi connectivity index (χ2n) is 7.81. The highest BCUT2D eigenvalue weighted by Gasteiger charge is 2.17. The molecule has 0 aliphatic rings. The van der Waals surface area contributed by atoms with Gasteiger partial charge < -0.3 is 9.88 Å². The highest BCUT2D eigenvalue weighted by Crippen LogP contribution is 2.37. The molecule has 0 fully saturated rings. The lowest BCUT2D eigenvalue weighted by Gasteiger charge is -2.12. The molecule has 0 radical (unpaired) electrons. The van der Waals surface area contributed by atoms with Crippen LogP contribution in [0.2, 0.25) is 0 Å². The highest BCUT2D eigenvalue weighted by atomic mass is 15.1. The number of benzene rings is 1. The van der Waals surface area contributed by atoms with Gasteiger partial charge in [-0.05, 0) is 60.4 Å². The maximum absolute atomic E-state index is 4.57. The largest absolute Gasteiger partial charge is 0.363 e. The minimum Gasteiger partial charge on any atom is -0.363 e. The summed E-state index contributed by atoms with van der Waals surface area (Å²) in [5.74, 6) is 1.37. The van der Waals surface area contributed by atoms with Crippen molar-refractivity contribution in [2.45, 2.75) is 26.7 Å². The fraction of sp³-hybridized carbons (Fsp3) is 0.250. The summed E-state index contributed by atoms with van der Waals surface area (Å²) in [6.45, 7) is 6.53. The van der Waals surface area contributed by atoms with E-state index in [0.717, 1.165) is 22.6 Å². The van der Waals surface area contributed by atoms with Crippen molar-refractivity contribution >= 4 is 16.7 Å². The Labute approximate surface area is 166 Å². The molecule has 0 atom stereocenters. The van der Waals surface area contributed by atoms with Crippen molar-refractivity contribution in [1.82, 2.24) is 15.0 Å². The number of anilines is 1. The Morgan fingerprint density at radius 3 is 2.32 bits per heavy atom. The van der Waals surface area contributed by atoms with Crippen molar-refractivity contribution in [2.75, 3.05) is 19.0 Å². The van der Waals surface area contributed by atoms with Crippen molar-refractivity contribution in [1.29, 1.82) is 0 Å². The van der Waals surface area contributed by atoms with E-state index in [9.17, 15) is 0 Å². The van der Waals surface area contributed by atoms with E-state index in [1.165, 1.54) is 27.8 Å². The average Bonchev–Trinajstić information content (AvgIpc) is 3.07. The van der Waals surface area contributed by atoms with Gasteiger partial charge in [0.05, 0.1) is 5.69 Å². The lowest BCUT2D eigenvalue weighted by molar-refractivity contribution is 0.878. The lowest BCUT2D eigenvalue weighted by atomic mass is 9.94. The molecule has 1 N–H and O–H groups in total. The zero-order valence-electron chi connectivity index (χ0n) is 17.1. The summed E-state index contributed by atoms with van der Waals surface area (Å²) in [7, 11) is 4.01. The van der Waals surface area contributed by atoms with E-state index in [1.54, 1.807) is 0 Å². The molecule has 142 valence electrons. The molecule has 0 saturated carbocycles. The van der Waals surface area contributed by atoms with Gasteiger partial charge in [-0.1, -0.05) is 19.9 Å². The number of nitrogens with zero attached hydrogens (tertiary/aromatic N) is 3. The van der Waals surface area contributed by atoms with Crippen LogP contribution in [0.4, 0.5) is 5.82 Å². The Balaban J connectivity index is 1.86. The van der Waals surface area contributed by atoms with Crippen molar-refractivity contribution in [2.24, 2.45) is 0 Å². The van der Waals surface area contributed by atoms with E-state index in [-0.39, 0.29) is 0 Å². The van der Waals surface area contributed by atoms with Gasteiger partial charge in [0.15, 0.2) is 0 Å². The minimum absolute atomic E-state index is 0.404. The maximum Gasteiger partial charge on any atom is 0.127 e. The van der Waals surface area contributed by atoms with Gasteiger partial charge in [-0.3, -0.25) is 4.98 Å². The molecule has 4 heteroatoms. The first kappa shape index (κ1) is 18.2. The molecule has 0 aliphatic carbocycles. The van der Waals surface area contributed by atoms with Gasteiger partial charge in [0.25, 0.3) is 0 Å². The van der Waals surface area contributed by atoms with Crippen LogP contribution in [0.1, 0.15) is 31.0 Å². The van der Waals surface area contributed by atoms with Gasteiger partial charge in [0.2, 0.25) is 0 Å². The predicted octanol–water partition coefficient (Wildman–Crippen LogP) is 5.79. The molecular formula is C24H26N4. The third-order valence-electron chi connectivity index (χ3n) is 5.14. The first-order valence-corrected chi connectivity index (χ1v) is 9.66. The molecule has 4 aromatic rings. The fourth-order valence-corrected chi connectivity index (χ4v) is 3.74. The van der Waals surface area contributed by atoms with Gasteiger partial charge >= 0.3 is 0 Å². The Bertz CT molecular complexity index is 1120. The number of hydrogen-bond acceptors (Lipinski definition) is 3. The standard InChI is InChI=1S/C24H26N4/c1-15(2)23-20-13-17(19-7-9-22(26-14-19)28(4)5)6-8-21(20)27-24(23)18-10-11-25-16(3)12-18/h6-15,27H,1-5H3. The van der Waals surface area contributed by atoms with E-state index in [1.807, 2.05) is 38.3 Å². The van der Waals surface area contributed by atoms with E-state index < -0.39 is 0 Å². The Kier molecular flexibility index (Phi) is 4.63. The second-order valence-corrected chi connectivity index (χ2v) is 7.81. The van der Waals surface area contributed by atoms with Crippen molar-refractivity contribution in [3.8, 4) is 22.4 Å². The molecule has 1 aromatic carbocycles. The lowest BCUT2D eigenvalue weighted by Crippen LogP contribution is -2.09. The number of fused-ring (bicyclic) bond motifs is 1. The van der Waals surface area contributed by atoms with Crippen LogP contribution in [-0.4, -0.2) is 29.0 Å². The summed E-state index contributed by atoms with van der Waals surface area (Å²) in [5, 5.41) is 1.27. The molecule has 3 heterocycles. The van der Waals surface area contributed by atoms with Crippen LogP contribution in [0.5, 0.6) is 0 Å². The summed E-state index contributed by atoms with van der Waals surface area (Å²) in [4.78, 5) is 14.6. The molecule has 0 spiro atoms. The number of nitrogens with one attached hydrogen (secondary N) is 1. The molecule has 3 aromatic heterocycles. The fourth-order valence-electron chi connectivity index (χ4n) is 3.74. The summed E-state index contributed by atoms with van der Waals surface area (Å²) in [6.07, 6.45) is 3.83. The molecule has 0 aliphatic heterocycles. The van der Waals surface area contributed by atoms with Gasteiger partial charge in [-0.2, -0.15) is 0 Å². The molecule has 28 heavy (non-hydrogen) atoms. The summed E-state index contributed by atoms with van der Waals surface area (Å²) in [5.41, 5.74) is 8.22. The number of aromatic amines is 1. The monoisotopic (exact) mass is 370 g/mol. The van der Waals surface area contributed by atoms with Crippen molar-refractivity contribution in [3.63, 3.8) is 0 Å². The normalized spacial score (nSPS) is 11.4. The number of hydrogen-bond donors (Lipinski definition) is 1. The van der Waals surface area contributed by atoms with Crippen LogP contribution in [0.25, 0.3) is 33.3 Å². The molecular weight excluding hydrogens is 344 g/mol. The van der Waals surface area contributed by atoms with Gasteiger partial charge in [0, 0.05) is 54.2 Å². The number of rotatable bonds is 4. The van der Waals surface area contributed by atoms with Crippen molar-refractivity contribution in [3.05, 3.63) is 66.1 Å². The number of aryl methyl sites for hydroxylation is 1. The average molecular weight is 371 g/mol. The summed E-state index contributed by atoms with van der Waals surface area (Å²) in [6, 6.07) is 15.0. The molecule has 4 nitrogen and oxygen atoms in total. The van der Waals surface area contributed by atoms with E-state index in [4.69, 9.17) is 0 Å². The molecule has 4 rings (SSSR count). The number of H-pyrrole nitrogens is 1. The van der Waals surface area contributed by atoms with Crippen LogP contribution in [0, 0.1) is 6.92 Å². The minimum atomic E-state index is 0.404. The number of aromatic nitrogens is 3. The van der Waals surface area contributed by atoms with E-state index in [2.05, 4.69) is 71.3 Å². The SMILES string of the molecule is Cc1cc(-c2[nH]c3ccc(-c4ccc(N(C)C)nc4)cc3c2C(C)C)ccn1. The van der Waals surface area contributed by atoms with Crippen LogP contribution in [-0.2, 0) is 0 Å². The Morgan fingerprint density at radius 2 is 1.68 bits per heavy atom. The van der Waals surface area contributed by atoms with Gasteiger partial charge in [0.1, 0.15) is 5.82 Å². The van der Waals surface area contributed by atoms with Crippen LogP contribution in [0.3, 0.4) is 0 Å². The second kappa shape index (κ2) is 7.12. The zero-order valence-corrected chi connectivity index (χ0v) is 17.1. The zero-order chi connectivity index (χ0) is 19.8. The number of pyridine rings is 2. The van der Waals surface area contributed by atoms with Crippen LogP contribution >= 0.6 is 0 Å². The summed E-state index contributed by atoms with van der Waals surface area (Å²) >= 11 is 0. The van der Waals surface area contributed by atoms with E-state index in [0.29, 0.717) is 5.92 Å². The smallest absolute Gasteiger partial charge is 0.127 e. The van der Waals surface area contributed by atoms with E-state index >= 15 is 0 Å². The molecule has 0 unspecified atom stereocenters. The third kappa shape index (κ3) is 3.26. The topological polar surface area (TPSA) is 44.8 Å². The first-order valence-electron chi connectivity index (χ1n) is 9.66. The van der Waals surface area contributed by atoms with Crippen LogP contribution < -0.4 is 4.90 Å². The molecule has 0 amide bonds. The summed E-state index contributed by atoms with van der Waals surface area (Å²) < 4.78 is 0. The predicted molar refractivity (Wildman–Crippen MR) is 118 cm³/mol. The molecule has 0 bridgehead atoms. The maximum atomic E-state index is 4.57. The van der Waals surface area contributed by atoms with Gasteiger partial charge in [-0.15, -0.1) is 0 Å². The Morgan fingerprint density at radius 1 is 0.893 bits per heavy atom. The van der Waals surface area contributed by atoms with Gasteiger partial charge in [-0.25, -0.2) is 4.98 Å². The Hall–Kier alpha value is -3.14. The third-order valence-corrected chi connectivity index (χ3v) is 5.14. The van der Waals surface area contributed by atoms with Crippen LogP contribution in [0.15, 0.2) is 54.9 Å². The first-order chi connectivity index (χ1) is 13.4. The van der Waals surface area contributed by atoms with Crippen molar-refractivity contribution < 1.29 is 0 Å². The molecule has 0 saturated heterocycles. The quantitative estimate of drug-likeness (QED) is 0.494. The highest BCUT2D eigenvalue weighted by molar-refractivity contribution is 5.94.